The molecular weight excluding hydrogens is 348 g/mol. The van der Waals surface area contributed by atoms with Gasteiger partial charge in [-0.25, -0.2) is 9.97 Å². The zero-order valence-electron chi connectivity index (χ0n) is 15.0. The number of thioether (sulfide) groups is 1. The summed E-state index contributed by atoms with van der Waals surface area (Å²) in [5.74, 6) is 2.00. The van der Waals surface area contributed by atoms with E-state index in [1.165, 1.54) is 31.0 Å². The standard InChI is InChI=1S/C19H24N4O2S/c1-2-25-16-8-6-15(7-9-16)22-18(24)13-26-19-12-17(20-14-21-19)23-10-4-3-5-11-23/h6-9,12,14H,2-5,10-11,13H2,1H3,(H,22,24). The van der Waals surface area contributed by atoms with E-state index in [4.69, 9.17) is 4.74 Å². The van der Waals surface area contributed by atoms with Gasteiger partial charge in [-0.15, -0.1) is 0 Å². The van der Waals surface area contributed by atoms with Gasteiger partial charge in [0.05, 0.1) is 12.4 Å². The summed E-state index contributed by atoms with van der Waals surface area (Å²) < 4.78 is 5.40. The smallest absolute Gasteiger partial charge is 0.234 e. The van der Waals surface area contributed by atoms with E-state index >= 15 is 0 Å². The number of carbonyl (C=O) groups is 1. The van der Waals surface area contributed by atoms with E-state index < -0.39 is 0 Å². The first-order chi connectivity index (χ1) is 12.7. The number of aromatic nitrogens is 2. The summed E-state index contributed by atoms with van der Waals surface area (Å²) in [5, 5.41) is 3.71. The van der Waals surface area contributed by atoms with Crippen molar-refractivity contribution < 1.29 is 9.53 Å². The van der Waals surface area contributed by atoms with Crippen molar-refractivity contribution in [3.05, 3.63) is 36.7 Å². The van der Waals surface area contributed by atoms with Gasteiger partial charge in [0.15, 0.2) is 0 Å². The normalized spacial score (nSPS) is 14.1. The highest BCUT2D eigenvalue weighted by atomic mass is 32.2. The minimum atomic E-state index is -0.0581. The molecule has 1 fully saturated rings. The Kier molecular flexibility index (Phi) is 6.71. The number of piperidine rings is 1. The van der Waals surface area contributed by atoms with Gasteiger partial charge in [0.1, 0.15) is 22.9 Å². The molecule has 1 N–H and O–H groups in total. The zero-order valence-corrected chi connectivity index (χ0v) is 15.8. The number of nitrogens with one attached hydrogen (secondary N) is 1. The van der Waals surface area contributed by atoms with Gasteiger partial charge in [0.25, 0.3) is 0 Å². The first-order valence-electron chi connectivity index (χ1n) is 8.97. The number of hydrogen-bond acceptors (Lipinski definition) is 6. The largest absolute Gasteiger partial charge is 0.494 e. The van der Waals surface area contributed by atoms with Gasteiger partial charge in [-0.2, -0.15) is 0 Å². The van der Waals surface area contributed by atoms with Crippen LogP contribution in [0.2, 0.25) is 0 Å². The number of hydrogen-bond donors (Lipinski definition) is 1. The van der Waals surface area contributed by atoms with Gasteiger partial charge < -0.3 is 15.0 Å². The average molecular weight is 372 g/mol. The Bertz CT molecular complexity index is 718. The molecule has 0 radical (unpaired) electrons. The maximum absolute atomic E-state index is 12.2. The molecule has 2 heterocycles. The number of anilines is 2. The van der Waals surface area contributed by atoms with E-state index in [1.54, 1.807) is 6.33 Å². The lowest BCUT2D eigenvalue weighted by atomic mass is 10.1. The van der Waals surface area contributed by atoms with Crippen LogP contribution in [0.3, 0.4) is 0 Å². The second-order valence-electron chi connectivity index (χ2n) is 6.06. The summed E-state index contributed by atoms with van der Waals surface area (Å²) in [7, 11) is 0. The van der Waals surface area contributed by atoms with Crippen molar-refractivity contribution in [3.8, 4) is 5.75 Å². The fourth-order valence-corrected chi connectivity index (χ4v) is 3.50. The maximum Gasteiger partial charge on any atom is 0.234 e. The van der Waals surface area contributed by atoms with Gasteiger partial charge >= 0.3 is 0 Å². The first-order valence-corrected chi connectivity index (χ1v) is 9.95. The van der Waals surface area contributed by atoms with Gasteiger partial charge in [-0.05, 0) is 50.5 Å². The van der Waals surface area contributed by atoms with Crippen LogP contribution < -0.4 is 15.0 Å². The SMILES string of the molecule is CCOc1ccc(NC(=O)CSc2cc(N3CCCCC3)ncn2)cc1. The fourth-order valence-electron chi connectivity index (χ4n) is 2.84. The lowest BCUT2D eigenvalue weighted by Gasteiger charge is -2.27. The number of rotatable bonds is 7. The van der Waals surface area contributed by atoms with E-state index in [1.807, 2.05) is 37.3 Å². The van der Waals surface area contributed by atoms with Crippen LogP contribution in [-0.4, -0.2) is 41.3 Å². The van der Waals surface area contributed by atoms with Crippen molar-refractivity contribution in [2.24, 2.45) is 0 Å². The van der Waals surface area contributed by atoms with Gasteiger partial charge in [-0.1, -0.05) is 11.8 Å². The summed E-state index contributed by atoms with van der Waals surface area (Å²) in [6.45, 7) is 4.65. The van der Waals surface area contributed by atoms with Crippen LogP contribution in [0.15, 0.2) is 41.7 Å². The highest BCUT2D eigenvalue weighted by molar-refractivity contribution is 7.99. The van der Waals surface area contributed by atoms with Crippen molar-refractivity contribution in [1.29, 1.82) is 0 Å². The van der Waals surface area contributed by atoms with Crippen molar-refractivity contribution in [2.75, 3.05) is 35.7 Å². The Labute approximate surface area is 158 Å². The fraction of sp³-hybridized carbons (Fsp3) is 0.421. The highest BCUT2D eigenvalue weighted by Gasteiger charge is 2.13. The highest BCUT2D eigenvalue weighted by Crippen LogP contribution is 2.23. The second-order valence-corrected chi connectivity index (χ2v) is 7.05. The Hall–Kier alpha value is -2.28. The molecule has 1 aromatic heterocycles. The van der Waals surface area contributed by atoms with Crippen LogP contribution in [0.4, 0.5) is 11.5 Å². The molecule has 1 aromatic carbocycles. The molecule has 1 saturated heterocycles. The number of benzene rings is 1. The monoisotopic (exact) mass is 372 g/mol. The van der Waals surface area contributed by atoms with E-state index in [2.05, 4.69) is 20.2 Å². The Morgan fingerprint density at radius 3 is 2.69 bits per heavy atom. The second kappa shape index (κ2) is 9.43. The summed E-state index contributed by atoms with van der Waals surface area (Å²) in [6, 6.07) is 9.35. The molecule has 1 amide bonds. The van der Waals surface area contributed by atoms with Crippen molar-refractivity contribution >= 4 is 29.2 Å². The molecule has 1 aliphatic rings. The number of carbonyl (C=O) groups excluding carboxylic acids is 1. The summed E-state index contributed by atoms with van der Waals surface area (Å²) in [6.07, 6.45) is 5.28. The molecule has 0 unspecified atom stereocenters. The third kappa shape index (κ3) is 5.36. The Morgan fingerprint density at radius 2 is 1.96 bits per heavy atom. The average Bonchev–Trinajstić information content (AvgIpc) is 2.69. The minimum Gasteiger partial charge on any atom is -0.494 e. The molecule has 1 aliphatic heterocycles. The molecule has 0 saturated carbocycles. The summed E-state index contributed by atoms with van der Waals surface area (Å²) >= 11 is 1.42. The molecule has 138 valence electrons. The Balaban J connectivity index is 1.51. The molecule has 0 atom stereocenters. The number of ether oxygens (including phenoxy) is 1. The lowest BCUT2D eigenvalue weighted by molar-refractivity contribution is -0.113. The van der Waals surface area contributed by atoms with Crippen LogP contribution in [0.25, 0.3) is 0 Å². The minimum absolute atomic E-state index is 0.0581. The Morgan fingerprint density at radius 1 is 1.19 bits per heavy atom. The lowest BCUT2D eigenvalue weighted by Crippen LogP contribution is -2.30. The summed E-state index contributed by atoms with van der Waals surface area (Å²) in [5.41, 5.74) is 0.760. The summed E-state index contributed by atoms with van der Waals surface area (Å²) in [4.78, 5) is 23.1. The van der Waals surface area contributed by atoms with Gasteiger partial charge in [0.2, 0.25) is 5.91 Å². The first kappa shape index (κ1) is 18.5. The topological polar surface area (TPSA) is 67.3 Å². The molecule has 26 heavy (non-hydrogen) atoms. The predicted molar refractivity (Wildman–Crippen MR) is 105 cm³/mol. The molecule has 7 heteroatoms. The van der Waals surface area contributed by atoms with Crippen molar-refractivity contribution in [1.82, 2.24) is 9.97 Å². The van der Waals surface area contributed by atoms with Crippen LogP contribution in [-0.2, 0) is 4.79 Å². The maximum atomic E-state index is 12.2. The van der Waals surface area contributed by atoms with Crippen LogP contribution in [0, 0.1) is 0 Å². The van der Waals surface area contributed by atoms with E-state index in [0.717, 1.165) is 35.4 Å². The third-order valence-electron chi connectivity index (χ3n) is 4.11. The van der Waals surface area contributed by atoms with E-state index in [-0.39, 0.29) is 5.91 Å². The quantitative estimate of drug-likeness (QED) is 0.592. The molecule has 0 bridgehead atoms. The van der Waals surface area contributed by atoms with E-state index in [0.29, 0.717) is 12.4 Å². The van der Waals surface area contributed by atoms with Crippen LogP contribution in [0.1, 0.15) is 26.2 Å². The van der Waals surface area contributed by atoms with Gasteiger partial charge in [-0.3, -0.25) is 4.79 Å². The molecule has 3 rings (SSSR count). The third-order valence-corrected chi connectivity index (χ3v) is 5.03. The van der Waals surface area contributed by atoms with Crippen LogP contribution >= 0.6 is 11.8 Å². The molecule has 0 spiro atoms. The molecule has 2 aromatic rings. The molecular formula is C19H24N4O2S. The van der Waals surface area contributed by atoms with Gasteiger partial charge in [0, 0.05) is 24.8 Å². The number of nitrogens with zero attached hydrogens (tertiary/aromatic N) is 3. The van der Waals surface area contributed by atoms with Crippen molar-refractivity contribution in [3.63, 3.8) is 0 Å². The van der Waals surface area contributed by atoms with E-state index in [9.17, 15) is 4.79 Å². The molecule has 0 aliphatic carbocycles. The zero-order chi connectivity index (χ0) is 18.2. The molecule has 6 nitrogen and oxygen atoms in total. The predicted octanol–water partition coefficient (Wildman–Crippen LogP) is 3.60. The van der Waals surface area contributed by atoms with Crippen LogP contribution in [0.5, 0.6) is 5.75 Å². The van der Waals surface area contributed by atoms with Crippen molar-refractivity contribution in [2.45, 2.75) is 31.2 Å². The number of amides is 1.